The molecule has 5 atom stereocenters. The number of hydrogen-bond acceptors (Lipinski definition) is 10. The number of carbonyl (C=O) groups excluding carboxylic acids is 3. The molecule has 2 aliphatic rings. The summed E-state index contributed by atoms with van der Waals surface area (Å²) in [5.41, 5.74) is 1.58. The Morgan fingerprint density at radius 3 is 2.13 bits per heavy atom. The summed E-state index contributed by atoms with van der Waals surface area (Å²) in [5, 5.41) is 10.7. The zero-order chi connectivity index (χ0) is 39.6. The zero-order valence-electron chi connectivity index (χ0n) is 32.9. The van der Waals surface area contributed by atoms with Crippen LogP contribution in [0, 0.1) is 17.8 Å². The number of carboxylic acids is 1. The van der Waals surface area contributed by atoms with Crippen LogP contribution in [0.4, 0.5) is 10.5 Å². The summed E-state index contributed by atoms with van der Waals surface area (Å²) in [6.07, 6.45) is -0.805. The van der Waals surface area contributed by atoms with Gasteiger partial charge in [0.2, 0.25) is 0 Å². The van der Waals surface area contributed by atoms with Gasteiger partial charge in [0.15, 0.2) is 12.1 Å². The number of aliphatic carboxylic acids is 1. The van der Waals surface area contributed by atoms with E-state index in [1.54, 1.807) is 35.0 Å². The predicted octanol–water partition coefficient (Wildman–Crippen LogP) is 6.61. The minimum atomic E-state index is -0.866. The second-order valence-electron chi connectivity index (χ2n) is 15.3. The molecule has 0 saturated carbocycles. The van der Waals surface area contributed by atoms with Crippen LogP contribution in [0.1, 0.15) is 69.2 Å². The van der Waals surface area contributed by atoms with E-state index in [2.05, 4.69) is 25.7 Å². The van der Waals surface area contributed by atoms with E-state index < -0.39 is 11.6 Å². The first-order valence-electron chi connectivity index (χ1n) is 18.7. The van der Waals surface area contributed by atoms with Gasteiger partial charge in [-0.3, -0.25) is 14.5 Å². The van der Waals surface area contributed by atoms with Crippen molar-refractivity contribution in [3.63, 3.8) is 0 Å². The number of benzene rings is 3. The van der Waals surface area contributed by atoms with E-state index in [-0.39, 0.29) is 55.2 Å². The molecule has 54 heavy (non-hydrogen) atoms. The Kier molecular flexibility index (Phi) is 15.0. The highest BCUT2D eigenvalue weighted by Gasteiger charge is 2.40. The number of nitrogens with zero attached hydrogens (tertiary/aromatic N) is 3. The smallest absolute Gasteiger partial charge is 0.410 e. The van der Waals surface area contributed by atoms with Gasteiger partial charge in [0.1, 0.15) is 18.8 Å². The summed E-state index contributed by atoms with van der Waals surface area (Å²) >= 11 is 0. The lowest BCUT2D eigenvalue weighted by Gasteiger charge is -2.43. The summed E-state index contributed by atoms with van der Waals surface area (Å²) in [4.78, 5) is 52.3. The zero-order valence-corrected chi connectivity index (χ0v) is 32.9. The summed E-state index contributed by atoms with van der Waals surface area (Å²) in [5.74, 6) is -0.324. The van der Waals surface area contributed by atoms with E-state index in [0.29, 0.717) is 36.7 Å². The first-order chi connectivity index (χ1) is 25.5. The van der Waals surface area contributed by atoms with Crippen LogP contribution in [-0.2, 0) is 23.7 Å². The molecule has 3 aromatic carbocycles. The lowest BCUT2D eigenvalue weighted by Crippen LogP contribution is -2.51. The van der Waals surface area contributed by atoms with Crippen molar-refractivity contribution in [2.45, 2.75) is 66.5 Å². The second-order valence-corrected chi connectivity index (χ2v) is 15.3. The highest BCUT2D eigenvalue weighted by Crippen LogP contribution is 2.35. The molecule has 12 nitrogen and oxygen atoms in total. The normalized spacial score (nSPS) is 21.8. The number of hydrogen-bond donors (Lipinski definition) is 1. The predicted molar refractivity (Wildman–Crippen MR) is 208 cm³/mol. The lowest BCUT2D eigenvalue weighted by molar-refractivity contribution is -0.254. The molecule has 2 saturated heterocycles. The Morgan fingerprint density at radius 1 is 0.852 bits per heavy atom. The van der Waals surface area contributed by atoms with Crippen molar-refractivity contribution in [2.75, 3.05) is 64.4 Å². The number of anilines is 1. The average Bonchev–Trinajstić information content (AvgIpc) is 3.13. The van der Waals surface area contributed by atoms with Crippen LogP contribution in [0.3, 0.4) is 0 Å². The van der Waals surface area contributed by atoms with Crippen LogP contribution in [-0.4, -0.2) is 116 Å². The number of carboxylic acid groups (broad SMARTS) is 1. The number of esters is 1. The summed E-state index contributed by atoms with van der Waals surface area (Å²) in [7, 11) is 1.74. The molecular weight excluding hydrogens is 690 g/mol. The Hall–Kier alpha value is -4.52. The van der Waals surface area contributed by atoms with Gasteiger partial charge in [0, 0.05) is 56.9 Å². The molecule has 2 heterocycles. The Balaban J connectivity index is 0.000000287. The number of likely N-dealkylation sites (N-methyl/N-ethyl adjacent to an activating group) is 1. The van der Waals surface area contributed by atoms with Crippen LogP contribution in [0.2, 0.25) is 0 Å². The van der Waals surface area contributed by atoms with Crippen molar-refractivity contribution in [3.05, 3.63) is 77.9 Å². The average molecular weight is 748 g/mol. The number of carbonyl (C=O) groups is 4. The number of ether oxygens (including phenoxy) is 4. The fourth-order valence-electron chi connectivity index (χ4n) is 6.45. The third-order valence-electron chi connectivity index (χ3n) is 10.1. The molecule has 0 aromatic heterocycles. The number of rotatable bonds is 11. The van der Waals surface area contributed by atoms with Crippen LogP contribution < -0.4 is 4.90 Å². The number of piperazine rings is 1. The number of ketones is 1. The molecular formula is C42H57N3O9. The molecule has 5 unspecified atom stereocenters. The maximum absolute atomic E-state index is 12.4. The largest absolute Gasteiger partial charge is 0.480 e. The van der Waals surface area contributed by atoms with Gasteiger partial charge in [0.25, 0.3) is 0 Å². The summed E-state index contributed by atoms with van der Waals surface area (Å²) < 4.78 is 23.5. The second kappa shape index (κ2) is 19.2. The van der Waals surface area contributed by atoms with Crippen molar-refractivity contribution >= 4 is 40.3 Å². The highest BCUT2D eigenvalue weighted by atomic mass is 16.7. The highest BCUT2D eigenvalue weighted by molar-refractivity contribution is 5.99. The molecule has 5 rings (SSSR count). The topological polar surface area (TPSA) is 135 Å². The summed E-state index contributed by atoms with van der Waals surface area (Å²) in [6, 6.07) is 20.2. The van der Waals surface area contributed by atoms with E-state index in [1.807, 2.05) is 69.3 Å². The minimum Gasteiger partial charge on any atom is -0.480 e. The standard InChI is InChI=1S/C27H42N2O6.C15H15NO3/c1-19-20(2)23(18-33-24(30)22-10-8-7-9-11-22)34-25(21(19)3)32-17-16-28-12-14-29(15-13-28)26(31)35-27(4,5)6;1-10(17)11-3-4-13-8-14(6-5-12(13)7-11)16(2)9-15(18)19/h7-11,19-21,23,25H,12-18H2,1-6H3;3-8H,9H2,1-2H3,(H,18,19). The van der Waals surface area contributed by atoms with Crippen LogP contribution in [0.25, 0.3) is 10.8 Å². The molecule has 0 spiro atoms. The molecule has 1 N–H and O–H groups in total. The first-order valence-corrected chi connectivity index (χ1v) is 18.7. The molecule has 3 aromatic rings. The fraction of sp³-hybridized carbons (Fsp3) is 0.524. The molecule has 0 aliphatic carbocycles. The number of fused-ring (bicyclic) bond motifs is 1. The van der Waals surface area contributed by atoms with Crippen LogP contribution >= 0.6 is 0 Å². The molecule has 0 bridgehead atoms. The van der Waals surface area contributed by atoms with Crippen LogP contribution in [0.5, 0.6) is 0 Å². The molecule has 0 radical (unpaired) electrons. The molecule has 2 fully saturated rings. The van der Waals surface area contributed by atoms with E-state index in [0.717, 1.165) is 36.1 Å². The monoisotopic (exact) mass is 747 g/mol. The van der Waals surface area contributed by atoms with Gasteiger partial charge in [-0.15, -0.1) is 0 Å². The van der Waals surface area contributed by atoms with E-state index in [4.69, 9.17) is 24.1 Å². The van der Waals surface area contributed by atoms with Gasteiger partial charge in [-0.1, -0.05) is 57.2 Å². The van der Waals surface area contributed by atoms with Crippen molar-refractivity contribution in [1.29, 1.82) is 0 Å². The lowest BCUT2D eigenvalue weighted by atomic mass is 9.79. The molecule has 294 valence electrons. The SMILES string of the molecule is CC(=O)c1ccc2cc(N(C)CC(=O)O)ccc2c1.CC1C(COC(=O)c2ccccc2)OC(OCCN2CCN(C(=O)OC(C)(C)C)CC2)C(C)C1C. The molecule has 1 amide bonds. The van der Waals surface area contributed by atoms with Gasteiger partial charge >= 0.3 is 18.0 Å². The van der Waals surface area contributed by atoms with Gasteiger partial charge < -0.3 is 33.9 Å². The van der Waals surface area contributed by atoms with Crippen molar-refractivity contribution in [2.24, 2.45) is 17.8 Å². The van der Waals surface area contributed by atoms with E-state index in [1.165, 1.54) is 6.92 Å². The fourth-order valence-corrected chi connectivity index (χ4v) is 6.45. The van der Waals surface area contributed by atoms with Crippen molar-refractivity contribution in [1.82, 2.24) is 9.80 Å². The van der Waals surface area contributed by atoms with E-state index in [9.17, 15) is 19.2 Å². The third kappa shape index (κ3) is 12.3. The Labute approximate surface area is 319 Å². The molecule has 2 aliphatic heterocycles. The Morgan fingerprint density at radius 2 is 1.50 bits per heavy atom. The summed E-state index contributed by atoms with van der Waals surface area (Å²) in [6.45, 7) is 18.0. The van der Waals surface area contributed by atoms with Gasteiger partial charge in [-0.25, -0.2) is 9.59 Å². The molecule has 12 heteroatoms. The van der Waals surface area contributed by atoms with Gasteiger partial charge in [-0.05, 0) is 80.6 Å². The third-order valence-corrected chi connectivity index (χ3v) is 10.1. The van der Waals surface area contributed by atoms with Crippen molar-refractivity contribution < 1.29 is 43.2 Å². The van der Waals surface area contributed by atoms with Gasteiger partial charge in [-0.2, -0.15) is 0 Å². The first kappa shape index (κ1) is 42.2. The minimum absolute atomic E-state index is 0.0361. The van der Waals surface area contributed by atoms with Crippen LogP contribution in [0.15, 0.2) is 66.7 Å². The maximum Gasteiger partial charge on any atom is 0.410 e. The number of Topliss-reactive ketones (excluding diaryl/α,β-unsaturated/α-hetero) is 1. The maximum atomic E-state index is 12.4. The number of amides is 1. The van der Waals surface area contributed by atoms with Crippen molar-refractivity contribution in [3.8, 4) is 0 Å². The quantitative estimate of drug-likeness (QED) is 0.168. The Bertz CT molecular complexity index is 1720. The van der Waals surface area contributed by atoms with E-state index >= 15 is 0 Å². The van der Waals surface area contributed by atoms with Gasteiger partial charge in [0.05, 0.1) is 18.3 Å².